The average molecular weight is 348 g/mol. The maximum atomic E-state index is 12.0. The second-order valence-electron chi connectivity index (χ2n) is 5.07. The van der Waals surface area contributed by atoms with E-state index >= 15 is 0 Å². The van der Waals surface area contributed by atoms with Crippen LogP contribution in [0.15, 0.2) is 30.3 Å². The van der Waals surface area contributed by atoms with Crippen molar-refractivity contribution < 1.29 is 9.59 Å². The number of hydrogen-bond acceptors (Lipinski definition) is 4. The van der Waals surface area contributed by atoms with Crippen molar-refractivity contribution in [3.05, 3.63) is 35.9 Å². The molecule has 0 spiro atoms. The van der Waals surface area contributed by atoms with Crippen LogP contribution in [0.25, 0.3) is 0 Å². The van der Waals surface area contributed by atoms with Gasteiger partial charge in [-0.1, -0.05) is 30.3 Å². The van der Waals surface area contributed by atoms with E-state index in [9.17, 15) is 9.59 Å². The molecule has 1 aromatic carbocycles. The smallest absolute Gasteiger partial charge is 0.243 e. The average Bonchev–Trinajstić information content (AvgIpc) is 2.43. The standard InChI is InChI=1S/C15H21N3O2.2ClH/c16-8-4-5-9-18-14(19)11-17(12-15(18)20)10-13-6-2-1-3-7-13;;/h1-3,6-7H,4-5,8-12,16H2;2*1H. The van der Waals surface area contributed by atoms with Gasteiger partial charge in [0.15, 0.2) is 0 Å². The van der Waals surface area contributed by atoms with Gasteiger partial charge >= 0.3 is 0 Å². The second-order valence-corrected chi connectivity index (χ2v) is 5.07. The second kappa shape index (κ2) is 10.6. The molecule has 7 heteroatoms. The molecule has 2 N–H and O–H groups in total. The first kappa shape index (κ1) is 20.9. The number of imide groups is 1. The van der Waals surface area contributed by atoms with E-state index in [4.69, 9.17) is 5.73 Å². The lowest BCUT2D eigenvalue weighted by molar-refractivity contribution is -0.151. The number of nitrogens with two attached hydrogens (primary N) is 1. The molecule has 1 aromatic rings. The number of carbonyl (C=O) groups excluding carboxylic acids is 2. The number of carbonyl (C=O) groups is 2. The highest BCUT2D eigenvalue weighted by Gasteiger charge is 2.30. The Bertz CT molecular complexity index is 453. The molecule has 0 bridgehead atoms. The van der Waals surface area contributed by atoms with Crippen molar-refractivity contribution in [1.82, 2.24) is 9.80 Å². The van der Waals surface area contributed by atoms with Gasteiger partial charge in [0.05, 0.1) is 13.1 Å². The van der Waals surface area contributed by atoms with Crippen LogP contribution in [0.3, 0.4) is 0 Å². The van der Waals surface area contributed by atoms with Gasteiger partial charge in [0.1, 0.15) is 0 Å². The molecule has 5 nitrogen and oxygen atoms in total. The predicted molar refractivity (Wildman–Crippen MR) is 91.2 cm³/mol. The molecule has 1 aliphatic rings. The summed E-state index contributed by atoms with van der Waals surface area (Å²) in [6, 6.07) is 9.88. The van der Waals surface area contributed by atoms with Crippen molar-refractivity contribution in [2.45, 2.75) is 19.4 Å². The van der Waals surface area contributed by atoms with Crippen molar-refractivity contribution in [2.75, 3.05) is 26.2 Å². The Hall–Kier alpha value is -1.14. The maximum absolute atomic E-state index is 12.0. The highest BCUT2D eigenvalue weighted by molar-refractivity contribution is 5.99. The minimum atomic E-state index is -0.103. The van der Waals surface area contributed by atoms with Gasteiger partial charge < -0.3 is 5.73 Å². The van der Waals surface area contributed by atoms with Crippen LogP contribution in [-0.2, 0) is 16.1 Å². The fourth-order valence-corrected chi connectivity index (χ4v) is 2.37. The number of piperazine rings is 1. The van der Waals surface area contributed by atoms with Crippen LogP contribution < -0.4 is 5.73 Å². The topological polar surface area (TPSA) is 66.6 Å². The summed E-state index contributed by atoms with van der Waals surface area (Å²) < 4.78 is 0. The van der Waals surface area contributed by atoms with E-state index in [1.165, 1.54) is 4.90 Å². The molecule has 0 unspecified atom stereocenters. The third-order valence-corrected chi connectivity index (χ3v) is 3.40. The molecule has 0 radical (unpaired) electrons. The fraction of sp³-hybridized carbons (Fsp3) is 0.467. The molecular formula is C15H23Cl2N3O2. The van der Waals surface area contributed by atoms with E-state index in [0.29, 0.717) is 32.7 Å². The molecule has 0 aromatic heterocycles. The fourth-order valence-electron chi connectivity index (χ4n) is 2.37. The van der Waals surface area contributed by atoms with E-state index in [1.807, 2.05) is 35.2 Å². The first-order chi connectivity index (χ1) is 9.70. The predicted octanol–water partition coefficient (Wildman–Crippen LogP) is 1.44. The van der Waals surface area contributed by atoms with Gasteiger partial charge in [-0.3, -0.25) is 19.4 Å². The van der Waals surface area contributed by atoms with Crippen molar-refractivity contribution in [3.63, 3.8) is 0 Å². The minimum absolute atomic E-state index is 0. The SMILES string of the molecule is Cl.Cl.NCCCCN1C(=O)CN(Cc2ccccc2)CC1=O. The normalized spacial score (nSPS) is 15.2. The molecule has 124 valence electrons. The first-order valence-electron chi connectivity index (χ1n) is 7.00. The van der Waals surface area contributed by atoms with E-state index < -0.39 is 0 Å². The Kier molecular flexibility index (Phi) is 10.0. The lowest BCUT2D eigenvalue weighted by Gasteiger charge is -2.32. The molecule has 1 saturated heterocycles. The summed E-state index contributed by atoms with van der Waals surface area (Å²) in [5, 5.41) is 0. The summed E-state index contributed by atoms with van der Waals surface area (Å²) in [7, 11) is 0. The lowest BCUT2D eigenvalue weighted by atomic mass is 10.2. The minimum Gasteiger partial charge on any atom is -0.330 e. The quantitative estimate of drug-likeness (QED) is 0.624. The van der Waals surface area contributed by atoms with Crippen LogP contribution in [0.5, 0.6) is 0 Å². The Morgan fingerprint density at radius 1 is 0.955 bits per heavy atom. The molecule has 2 amide bonds. The maximum Gasteiger partial charge on any atom is 0.243 e. The van der Waals surface area contributed by atoms with Gasteiger partial charge in [0.2, 0.25) is 11.8 Å². The molecule has 1 aliphatic heterocycles. The van der Waals surface area contributed by atoms with Crippen LogP contribution in [0, 0.1) is 0 Å². The van der Waals surface area contributed by atoms with Gasteiger partial charge in [-0.2, -0.15) is 0 Å². The van der Waals surface area contributed by atoms with Gasteiger partial charge in [-0.05, 0) is 24.9 Å². The van der Waals surface area contributed by atoms with Crippen LogP contribution >= 0.6 is 24.8 Å². The molecule has 0 saturated carbocycles. The zero-order chi connectivity index (χ0) is 14.4. The number of hydrogen-bond donors (Lipinski definition) is 1. The Labute approximate surface area is 143 Å². The number of rotatable bonds is 6. The van der Waals surface area contributed by atoms with E-state index in [-0.39, 0.29) is 36.6 Å². The Morgan fingerprint density at radius 3 is 2.09 bits per heavy atom. The summed E-state index contributed by atoms with van der Waals surface area (Å²) >= 11 is 0. The summed E-state index contributed by atoms with van der Waals surface area (Å²) in [4.78, 5) is 27.3. The number of nitrogens with zero attached hydrogens (tertiary/aromatic N) is 2. The molecule has 1 heterocycles. The third-order valence-electron chi connectivity index (χ3n) is 3.40. The lowest BCUT2D eigenvalue weighted by Crippen LogP contribution is -2.53. The summed E-state index contributed by atoms with van der Waals surface area (Å²) in [5.74, 6) is -0.205. The van der Waals surface area contributed by atoms with Crippen molar-refractivity contribution in [2.24, 2.45) is 5.73 Å². The molecule has 0 aliphatic carbocycles. The largest absolute Gasteiger partial charge is 0.330 e. The molecule has 1 fully saturated rings. The number of amides is 2. The van der Waals surface area contributed by atoms with Crippen molar-refractivity contribution in [3.8, 4) is 0 Å². The van der Waals surface area contributed by atoms with Gasteiger partial charge in [-0.25, -0.2) is 0 Å². The van der Waals surface area contributed by atoms with Crippen molar-refractivity contribution in [1.29, 1.82) is 0 Å². The van der Waals surface area contributed by atoms with Crippen LogP contribution in [0.1, 0.15) is 18.4 Å². The summed E-state index contributed by atoms with van der Waals surface area (Å²) in [5.41, 5.74) is 6.54. The van der Waals surface area contributed by atoms with E-state index in [0.717, 1.165) is 18.4 Å². The van der Waals surface area contributed by atoms with Gasteiger partial charge in [0, 0.05) is 13.1 Å². The highest BCUT2D eigenvalue weighted by Crippen LogP contribution is 2.11. The monoisotopic (exact) mass is 347 g/mol. The van der Waals surface area contributed by atoms with E-state index in [2.05, 4.69) is 0 Å². The summed E-state index contributed by atoms with van der Waals surface area (Å²) in [6.45, 7) is 2.34. The number of unbranched alkanes of at least 4 members (excludes halogenated alkanes) is 1. The van der Waals surface area contributed by atoms with Gasteiger partial charge in [-0.15, -0.1) is 24.8 Å². The van der Waals surface area contributed by atoms with Crippen LogP contribution in [0.4, 0.5) is 0 Å². The zero-order valence-electron chi connectivity index (χ0n) is 12.4. The Balaban J connectivity index is 0.00000220. The zero-order valence-corrected chi connectivity index (χ0v) is 14.1. The highest BCUT2D eigenvalue weighted by atomic mass is 35.5. The molecular weight excluding hydrogens is 325 g/mol. The van der Waals surface area contributed by atoms with Gasteiger partial charge in [0.25, 0.3) is 0 Å². The van der Waals surface area contributed by atoms with Crippen LogP contribution in [0.2, 0.25) is 0 Å². The molecule has 2 rings (SSSR count). The van der Waals surface area contributed by atoms with Crippen molar-refractivity contribution >= 4 is 36.6 Å². The van der Waals surface area contributed by atoms with Crippen LogP contribution in [-0.4, -0.2) is 47.8 Å². The Morgan fingerprint density at radius 2 is 1.55 bits per heavy atom. The molecule has 0 atom stereocenters. The number of benzene rings is 1. The first-order valence-corrected chi connectivity index (χ1v) is 7.00. The number of halogens is 2. The third kappa shape index (κ3) is 5.93. The summed E-state index contributed by atoms with van der Waals surface area (Å²) in [6.07, 6.45) is 1.62. The van der Waals surface area contributed by atoms with E-state index in [1.54, 1.807) is 0 Å². The molecule has 22 heavy (non-hydrogen) atoms.